The number of pyridine rings is 1. The van der Waals surface area contributed by atoms with Crippen LogP contribution in [0, 0.1) is 0 Å². The van der Waals surface area contributed by atoms with Gasteiger partial charge in [0, 0.05) is 49.7 Å². The van der Waals surface area contributed by atoms with Crippen LogP contribution in [0.1, 0.15) is 36.4 Å². The standard InChI is InChI=1S/C18H22N4O3/c23-17(6-5-14-3-1-8-19-11-14)21-10-2-4-15(12-21)16-7-9-20-22(16)13-18(24)25/h1,3,7-9,11,15H,2,4-6,10,12-13H2,(H,24,25)/t15-/m0/s1. The third-order valence-electron chi connectivity index (χ3n) is 4.58. The molecule has 0 spiro atoms. The minimum Gasteiger partial charge on any atom is -0.480 e. The Kier molecular flexibility index (Phi) is 5.42. The van der Waals surface area contributed by atoms with Gasteiger partial charge in [0.05, 0.1) is 0 Å². The molecule has 1 fully saturated rings. The highest BCUT2D eigenvalue weighted by atomic mass is 16.4. The molecule has 1 saturated heterocycles. The summed E-state index contributed by atoms with van der Waals surface area (Å²) in [5, 5.41) is 13.1. The number of amides is 1. The molecule has 0 aliphatic carbocycles. The summed E-state index contributed by atoms with van der Waals surface area (Å²) in [7, 11) is 0. The number of carbonyl (C=O) groups is 2. The van der Waals surface area contributed by atoms with Gasteiger partial charge in [-0.3, -0.25) is 19.3 Å². The highest BCUT2D eigenvalue weighted by molar-refractivity contribution is 5.76. The summed E-state index contributed by atoms with van der Waals surface area (Å²) < 4.78 is 1.52. The number of hydrogen-bond acceptors (Lipinski definition) is 4. The van der Waals surface area contributed by atoms with Crippen molar-refractivity contribution < 1.29 is 14.7 Å². The summed E-state index contributed by atoms with van der Waals surface area (Å²) in [5.74, 6) is -0.638. The van der Waals surface area contributed by atoms with Crippen LogP contribution in [0.5, 0.6) is 0 Å². The van der Waals surface area contributed by atoms with Crippen LogP contribution < -0.4 is 0 Å². The molecule has 1 aliphatic heterocycles. The lowest BCUT2D eigenvalue weighted by Crippen LogP contribution is -2.39. The Morgan fingerprint density at radius 3 is 2.92 bits per heavy atom. The number of carboxylic acids is 1. The van der Waals surface area contributed by atoms with Gasteiger partial charge < -0.3 is 10.0 Å². The molecule has 0 saturated carbocycles. The van der Waals surface area contributed by atoms with Gasteiger partial charge in [-0.1, -0.05) is 6.07 Å². The van der Waals surface area contributed by atoms with E-state index in [-0.39, 0.29) is 18.4 Å². The summed E-state index contributed by atoms with van der Waals surface area (Å²) in [4.78, 5) is 29.5. The van der Waals surface area contributed by atoms with Crippen LogP contribution in [0.25, 0.3) is 0 Å². The number of aliphatic carboxylic acids is 1. The first kappa shape index (κ1) is 17.1. The van der Waals surface area contributed by atoms with Crippen LogP contribution in [0.15, 0.2) is 36.8 Å². The van der Waals surface area contributed by atoms with Crippen LogP contribution in [0.4, 0.5) is 0 Å². The number of hydrogen-bond donors (Lipinski definition) is 1. The van der Waals surface area contributed by atoms with Crippen LogP contribution in [-0.4, -0.2) is 49.7 Å². The maximum Gasteiger partial charge on any atom is 0.325 e. The second kappa shape index (κ2) is 7.92. The van der Waals surface area contributed by atoms with Crippen molar-refractivity contribution in [2.45, 2.75) is 38.1 Å². The van der Waals surface area contributed by atoms with E-state index < -0.39 is 5.97 Å². The highest BCUT2D eigenvalue weighted by Gasteiger charge is 2.27. The Balaban J connectivity index is 1.60. The molecule has 2 aromatic heterocycles. The summed E-state index contributed by atoms with van der Waals surface area (Å²) in [6.45, 7) is 1.24. The van der Waals surface area contributed by atoms with Gasteiger partial charge in [0.1, 0.15) is 6.54 Å². The van der Waals surface area contributed by atoms with Gasteiger partial charge in [-0.25, -0.2) is 0 Å². The SMILES string of the molecule is O=C(O)Cn1nccc1[C@H]1CCCN(C(=O)CCc2cccnc2)C1. The quantitative estimate of drug-likeness (QED) is 0.863. The lowest BCUT2D eigenvalue weighted by Gasteiger charge is -2.33. The van der Waals surface area contributed by atoms with E-state index in [1.807, 2.05) is 23.1 Å². The summed E-state index contributed by atoms with van der Waals surface area (Å²) >= 11 is 0. The number of piperidine rings is 1. The molecule has 2 aromatic rings. The van der Waals surface area contributed by atoms with E-state index in [4.69, 9.17) is 5.11 Å². The number of likely N-dealkylation sites (tertiary alicyclic amines) is 1. The lowest BCUT2D eigenvalue weighted by atomic mass is 9.94. The lowest BCUT2D eigenvalue weighted by molar-refractivity contribution is -0.138. The summed E-state index contributed by atoms with van der Waals surface area (Å²) in [5.41, 5.74) is 1.95. The van der Waals surface area contributed by atoms with Crippen molar-refractivity contribution in [1.29, 1.82) is 0 Å². The van der Waals surface area contributed by atoms with Crippen molar-refractivity contribution in [3.8, 4) is 0 Å². The molecule has 0 radical (unpaired) electrons. The largest absolute Gasteiger partial charge is 0.480 e. The van der Waals surface area contributed by atoms with Gasteiger partial charge >= 0.3 is 5.97 Å². The molecule has 7 heteroatoms. The fourth-order valence-electron chi connectivity index (χ4n) is 3.35. The monoisotopic (exact) mass is 342 g/mol. The predicted molar refractivity (Wildman–Crippen MR) is 91.0 cm³/mol. The predicted octanol–water partition coefficient (Wildman–Crippen LogP) is 1.70. The molecule has 3 heterocycles. The third kappa shape index (κ3) is 4.43. The molecule has 0 bridgehead atoms. The molecule has 0 aromatic carbocycles. The minimum atomic E-state index is -0.912. The van der Waals surface area contributed by atoms with Crippen molar-refractivity contribution >= 4 is 11.9 Å². The van der Waals surface area contributed by atoms with Crippen molar-refractivity contribution in [1.82, 2.24) is 19.7 Å². The van der Waals surface area contributed by atoms with E-state index >= 15 is 0 Å². The number of carbonyl (C=O) groups excluding carboxylic acids is 1. The Morgan fingerprint density at radius 1 is 1.28 bits per heavy atom. The first-order valence-corrected chi connectivity index (χ1v) is 8.53. The van der Waals surface area contributed by atoms with E-state index in [9.17, 15) is 9.59 Å². The zero-order valence-electron chi connectivity index (χ0n) is 14.0. The number of aryl methyl sites for hydroxylation is 1. The average molecular weight is 342 g/mol. The Hall–Kier alpha value is -2.70. The fraction of sp³-hybridized carbons (Fsp3) is 0.444. The maximum atomic E-state index is 12.5. The van der Waals surface area contributed by atoms with E-state index in [1.54, 1.807) is 18.6 Å². The number of rotatable bonds is 6. The van der Waals surface area contributed by atoms with E-state index in [0.717, 1.165) is 30.6 Å². The van der Waals surface area contributed by atoms with Gasteiger partial charge in [0.2, 0.25) is 5.91 Å². The molecule has 1 N–H and O–H groups in total. The molecule has 3 rings (SSSR count). The molecule has 7 nitrogen and oxygen atoms in total. The van der Waals surface area contributed by atoms with Gasteiger partial charge in [-0.05, 0) is 37.0 Å². The maximum absolute atomic E-state index is 12.5. The van der Waals surface area contributed by atoms with Crippen LogP contribution in [0.2, 0.25) is 0 Å². The Labute approximate surface area is 146 Å². The molecule has 1 amide bonds. The van der Waals surface area contributed by atoms with E-state index in [0.29, 0.717) is 19.4 Å². The minimum absolute atomic E-state index is 0.137. The molecule has 25 heavy (non-hydrogen) atoms. The smallest absolute Gasteiger partial charge is 0.325 e. The highest BCUT2D eigenvalue weighted by Crippen LogP contribution is 2.27. The van der Waals surface area contributed by atoms with E-state index in [2.05, 4.69) is 10.1 Å². The van der Waals surface area contributed by atoms with E-state index in [1.165, 1.54) is 4.68 Å². The summed E-state index contributed by atoms with van der Waals surface area (Å²) in [6.07, 6.45) is 8.15. The zero-order valence-corrected chi connectivity index (χ0v) is 14.0. The molecule has 132 valence electrons. The van der Waals surface area contributed by atoms with Gasteiger partial charge in [0.25, 0.3) is 0 Å². The molecular weight excluding hydrogens is 320 g/mol. The second-order valence-electron chi connectivity index (χ2n) is 6.35. The van der Waals surface area contributed by atoms with Crippen LogP contribution in [-0.2, 0) is 22.6 Å². The Bertz CT molecular complexity index is 729. The topological polar surface area (TPSA) is 88.3 Å². The second-order valence-corrected chi connectivity index (χ2v) is 6.35. The van der Waals surface area contributed by atoms with Crippen molar-refractivity contribution in [3.05, 3.63) is 48.0 Å². The first-order valence-electron chi connectivity index (χ1n) is 8.53. The first-order chi connectivity index (χ1) is 12.1. The molecular formula is C18H22N4O3. The van der Waals surface area contributed by atoms with Crippen molar-refractivity contribution in [3.63, 3.8) is 0 Å². The third-order valence-corrected chi connectivity index (χ3v) is 4.58. The summed E-state index contributed by atoms with van der Waals surface area (Å²) in [6, 6.07) is 5.71. The van der Waals surface area contributed by atoms with Gasteiger partial charge in [-0.15, -0.1) is 0 Å². The normalized spacial score (nSPS) is 17.4. The Morgan fingerprint density at radius 2 is 2.16 bits per heavy atom. The molecule has 1 aliphatic rings. The zero-order chi connectivity index (χ0) is 17.6. The molecule has 0 unspecified atom stereocenters. The average Bonchev–Trinajstić information content (AvgIpc) is 3.08. The molecule has 1 atom stereocenters. The van der Waals surface area contributed by atoms with Crippen molar-refractivity contribution in [2.75, 3.05) is 13.1 Å². The fourth-order valence-corrected chi connectivity index (χ4v) is 3.35. The number of aromatic nitrogens is 3. The van der Waals surface area contributed by atoms with Crippen molar-refractivity contribution in [2.24, 2.45) is 0 Å². The van der Waals surface area contributed by atoms with Crippen LogP contribution >= 0.6 is 0 Å². The number of nitrogens with zero attached hydrogens (tertiary/aromatic N) is 4. The van der Waals surface area contributed by atoms with Crippen LogP contribution in [0.3, 0.4) is 0 Å². The van der Waals surface area contributed by atoms with Gasteiger partial charge in [-0.2, -0.15) is 5.10 Å². The van der Waals surface area contributed by atoms with Gasteiger partial charge in [0.15, 0.2) is 0 Å². The number of carboxylic acid groups (broad SMARTS) is 1.